The van der Waals surface area contributed by atoms with E-state index in [0.717, 1.165) is 28.0 Å². The minimum absolute atomic E-state index is 0.189. The van der Waals surface area contributed by atoms with Gasteiger partial charge in [-0.1, -0.05) is 62.4 Å². The van der Waals surface area contributed by atoms with Crippen molar-refractivity contribution >= 4 is 17.0 Å². The first-order valence-electron chi connectivity index (χ1n) is 10.6. The molecule has 3 aromatic carbocycles. The normalized spacial score (nSPS) is 12.7. The average Bonchev–Trinajstić information content (AvgIpc) is 2.82. The number of benzene rings is 3. The lowest BCUT2D eigenvalue weighted by Gasteiger charge is -2.17. The molecule has 7 heteroatoms. The van der Waals surface area contributed by atoms with Gasteiger partial charge < -0.3 is 9.84 Å². The van der Waals surface area contributed by atoms with E-state index in [1.165, 1.54) is 0 Å². The van der Waals surface area contributed by atoms with Crippen molar-refractivity contribution in [1.82, 2.24) is 4.72 Å². The number of rotatable bonds is 10. The molecule has 0 saturated heterocycles. The predicted octanol–water partition coefficient (Wildman–Crippen LogP) is 4.72. The van der Waals surface area contributed by atoms with Crippen molar-refractivity contribution in [3.05, 3.63) is 83.9 Å². The molecular weight excluding hydrogens is 436 g/mol. The summed E-state index contributed by atoms with van der Waals surface area (Å²) in [6.07, 6.45) is 0.350. The third-order valence-corrected chi connectivity index (χ3v) is 6.37. The van der Waals surface area contributed by atoms with Crippen LogP contribution in [0, 0.1) is 17.2 Å². The van der Waals surface area contributed by atoms with Gasteiger partial charge in [0.1, 0.15) is 29.4 Å². The van der Waals surface area contributed by atoms with E-state index in [-0.39, 0.29) is 5.92 Å². The molecule has 0 aliphatic heterocycles. The number of carbonyl (C=O) groups is 1. The topological polar surface area (TPSA) is 99.4 Å². The summed E-state index contributed by atoms with van der Waals surface area (Å²) in [5.41, 5.74) is 3.87. The highest BCUT2D eigenvalue weighted by molar-refractivity contribution is 7.83. The largest absolute Gasteiger partial charge is 0.489 e. The first-order valence-corrected chi connectivity index (χ1v) is 11.7. The second-order valence-corrected chi connectivity index (χ2v) is 9.13. The van der Waals surface area contributed by atoms with E-state index in [1.54, 1.807) is 26.0 Å². The molecule has 0 saturated carbocycles. The van der Waals surface area contributed by atoms with E-state index in [4.69, 9.17) is 10.00 Å². The molecule has 0 fully saturated rings. The molecule has 0 aromatic heterocycles. The maximum atomic E-state index is 12.5. The summed E-state index contributed by atoms with van der Waals surface area (Å²) >= 11 is 0. The van der Waals surface area contributed by atoms with Crippen molar-refractivity contribution in [3.8, 4) is 22.9 Å². The van der Waals surface area contributed by atoms with Gasteiger partial charge in [0.25, 0.3) is 0 Å². The molecule has 3 aromatic rings. The molecule has 0 spiro atoms. The molecule has 2 N–H and O–H groups in total. The Morgan fingerprint density at radius 1 is 1.00 bits per heavy atom. The van der Waals surface area contributed by atoms with Gasteiger partial charge in [0.2, 0.25) is 0 Å². The molecule has 0 bridgehead atoms. The fourth-order valence-corrected chi connectivity index (χ4v) is 4.41. The number of nitrogens with one attached hydrogen (secondary N) is 1. The Morgan fingerprint density at radius 3 is 2.12 bits per heavy atom. The van der Waals surface area contributed by atoms with E-state index in [1.807, 2.05) is 60.7 Å². The van der Waals surface area contributed by atoms with Gasteiger partial charge in [-0.25, -0.2) is 8.93 Å². The van der Waals surface area contributed by atoms with Crippen molar-refractivity contribution < 1.29 is 18.8 Å². The first-order chi connectivity index (χ1) is 15.9. The monoisotopic (exact) mass is 462 g/mol. The Hall–Kier alpha value is -3.47. The lowest BCUT2D eigenvalue weighted by molar-refractivity contribution is -0.140. The maximum absolute atomic E-state index is 12.5. The van der Waals surface area contributed by atoms with E-state index >= 15 is 0 Å². The molecule has 0 heterocycles. The second-order valence-electron chi connectivity index (χ2n) is 7.89. The minimum Gasteiger partial charge on any atom is -0.489 e. The smallest absolute Gasteiger partial charge is 0.321 e. The van der Waals surface area contributed by atoms with Gasteiger partial charge in [0.05, 0.1) is 17.4 Å². The molecule has 0 amide bonds. The van der Waals surface area contributed by atoms with Crippen molar-refractivity contribution in [3.63, 3.8) is 0 Å². The number of nitrogens with zero attached hydrogens (tertiary/aromatic N) is 1. The molecule has 0 aliphatic rings. The van der Waals surface area contributed by atoms with Gasteiger partial charge in [-0.2, -0.15) is 5.26 Å². The number of ether oxygens (including phenoxy) is 1. The molecule has 33 heavy (non-hydrogen) atoms. The van der Waals surface area contributed by atoms with E-state index < -0.39 is 23.0 Å². The number of carboxylic acid groups (broad SMARTS) is 1. The highest BCUT2D eigenvalue weighted by atomic mass is 32.2. The fourth-order valence-electron chi connectivity index (χ4n) is 3.29. The van der Waals surface area contributed by atoms with Crippen LogP contribution >= 0.6 is 0 Å². The second kappa shape index (κ2) is 11.4. The van der Waals surface area contributed by atoms with Crippen LogP contribution in [-0.2, 0) is 28.8 Å². The number of hydrogen-bond acceptors (Lipinski definition) is 4. The Balaban J connectivity index is 1.64. The quantitative estimate of drug-likeness (QED) is 0.454. The summed E-state index contributed by atoms with van der Waals surface area (Å²) in [6, 6.07) is 23.9. The van der Waals surface area contributed by atoms with E-state index in [0.29, 0.717) is 17.9 Å². The number of carboxylic acids is 1. The Morgan fingerprint density at radius 2 is 1.58 bits per heavy atom. The number of nitriles is 1. The minimum atomic E-state index is -1.62. The zero-order valence-electron chi connectivity index (χ0n) is 18.5. The number of aliphatic carboxylic acids is 1. The zero-order valence-corrected chi connectivity index (χ0v) is 19.3. The van der Waals surface area contributed by atoms with Gasteiger partial charge >= 0.3 is 5.97 Å². The van der Waals surface area contributed by atoms with Gasteiger partial charge in [0.15, 0.2) is 0 Å². The van der Waals surface area contributed by atoms with Crippen molar-refractivity contribution in [2.45, 2.75) is 37.8 Å². The van der Waals surface area contributed by atoms with Crippen molar-refractivity contribution in [1.29, 1.82) is 5.26 Å². The van der Waals surface area contributed by atoms with Crippen LogP contribution in [0.15, 0.2) is 77.7 Å². The molecule has 0 radical (unpaired) electrons. The first kappa shape index (κ1) is 24.2. The summed E-state index contributed by atoms with van der Waals surface area (Å²) in [7, 11) is -1.62. The average molecular weight is 463 g/mol. The van der Waals surface area contributed by atoms with Gasteiger partial charge in [-0.15, -0.1) is 0 Å². The Bertz CT molecular complexity index is 1150. The molecule has 6 nitrogen and oxygen atoms in total. The molecule has 2 unspecified atom stereocenters. The van der Waals surface area contributed by atoms with Crippen LogP contribution < -0.4 is 9.46 Å². The lowest BCUT2D eigenvalue weighted by atomic mass is 10.1. The van der Waals surface area contributed by atoms with Crippen LogP contribution in [-0.4, -0.2) is 21.3 Å². The predicted molar refractivity (Wildman–Crippen MR) is 128 cm³/mol. The van der Waals surface area contributed by atoms with Gasteiger partial charge in [0, 0.05) is 0 Å². The Labute approximate surface area is 196 Å². The lowest BCUT2D eigenvalue weighted by Crippen LogP contribution is -2.41. The summed E-state index contributed by atoms with van der Waals surface area (Å²) in [4.78, 5) is 11.8. The van der Waals surface area contributed by atoms with Crippen LogP contribution in [0.3, 0.4) is 0 Å². The molecule has 2 atom stereocenters. The van der Waals surface area contributed by atoms with Crippen LogP contribution in [0.2, 0.25) is 0 Å². The van der Waals surface area contributed by atoms with Crippen LogP contribution in [0.4, 0.5) is 0 Å². The standard InChI is InChI=1S/C26H26N2O4S/c1-18(2)25(26(29)30)28-33(31)24-13-9-21(10-14-24)20-7-11-23(12-8-20)32-17-22-6-4-3-5-19(22)15-16-27/h3-14,18,25,28H,15,17H2,1-2H3,(H,29,30). The third kappa shape index (κ3) is 6.51. The molecule has 0 aliphatic carbocycles. The third-order valence-electron chi connectivity index (χ3n) is 5.20. The highest BCUT2D eigenvalue weighted by Gasteiger charge is 2.23. The summed E-state index contributed by atoms with van der Waals surface area (Å²) in [5.74, 6) is -0.488. The van der Waals surface area contributed by atoms with Crippen LogP contribution in [0.25, 0.3) is 11.1 Å². The van der Waals surface area contributed by atoms with Crippen molar-refractivity contribution in [2.24, 2.45) is 5.92 Å². The molecule has 3 rings (SSSR count). The van der Waals surface area contributed by atoms with Crippen molar-refractivity contribution in [2.75, 3.05) is 0 Å². The summed E-state index contributed by atoms with van der Waals surface area (Å²) in [6.45, 7) is 3.92. The zero-order chi connectivity index (χ0) is 23.8. The van der Waals surface area contributed by atoms with Crippen LogP contribution in [0.5, 0.6) is 5.75 Å². The molecular formula is C26H26N2O4S. The fraction of sp³-hybridized carbons (Fsp3) is 0.231. The van der Waals surface area contributed by atoms with Gasteiger partial charge in [-0.3, -0.25) is 4.79 Å². The van der Waals surface area contributed by atoms with Crippen LogP contribution in [0.1, 0.15) is 25.0 Å². The Kier molecular flexibility index (Phi) is 8.36. The van der Waals surface area contributed by atoms with E-state index in [2.05, 4.69) is 10.8 Å². The number of hydrogen-bond donors (Lipinski definition) is 2. The van der Waals surface area contributed by atoms with E-state index in [9.17, 15) is 14.1 Å². The summed E-state index contributed by atoms with van der Waals surface area (Å²) in [5, 5.41) is 18.2. The SMILES string of the molecule is CC(C)C(NS(=O)c1ccc(-c2ccc(OCc3ccccc3CC#N)cc2)cc1)C(=O)O. The van der Waals surface area contributed by atoms with Gasteiger partial charge in [-0.05, 0) is 52.4 Å². The molecule has 170 valence electrons. The summed E-state index contributed by atoms with van der Waals surface area (Å²) < 4.78 is 21.1. The maximum Gasteiger partial charge on any atom is 0.321 e. The highest BCUT2D eigenvalue weighted by Crippen LogP contribution is 2.24.